The van der Waals surface area contributed by atoms with Gasteiger partial charge in [-0.05, 0) is 51.7 Å². The molecule has 0 atom stereocenters. The fraction of sp³-hybridized carbons (Fsp3) is 0.929. The first-order valence-electron chi connectivity index (χ1n) is 7.32. The molecule has 0 aromatic carbocycles. The molecule has 3 N–H and O–H groups in total. The fourth-order valence-corrected chi connectivity index (χ4v) is 2.72. The molecule has 1 saturated heterocycles. The van der Waals surface area contributed by atoms with Crippen LogP contribution < -0.4 is 10.6 Å². The van der Waals surface area contributed by atoms with Crippen molar-refractivity contribution in [1.29, 1.82) is 0 Å². The fourth-order valence-electron chi connectivity index (χ4n) is 2.72. The highest BCUT2D eigenvalue weighted by Gasteiger charge is 2.15. The van der Waals surface area contributed by atoms with Crippen LogP contribution in [0.25, 0.3) is 0 Å². The van der Waals surface area contributed by atoms with Gasteiger partial charge in [-0.25, -0.2) is 0 Å². The zero-order chi connectivity index (χ0) is 13.2. The Kier molecular flexibility index (Phi) is 8.01. The van der Waals surface area contributed by atoms with Crippen LogP contribution in [-0.2, 0) is 4.79 Å². The summed E-state index contributed by atoms with van der Waals surface area (Å²) in [6.07, 6.45) is 9.52. The van der Waals surface area contributed by atoms with Crippen molar-refractivity contribution in [1.82, 2.24) is 10.6 Å². The predicted molar refractivity (Wildman–Crippen MR) is 73.8 cm³/mol. The monoisotopic (exact) mass is 256 g/mol. The van der Waals surface area contributed by atoms with E-state index in [0.717, 1.165) is 32.0 Å². The average molecular weight is 256 g/mol. The minimum Gasteiger partial charge on any atom is -0.481 e. The number of piperidine rings is 1. The third-order valence-corrected chi connectivity index (χ3v) is 3.94. The molecule has 18 heavy (non-hydrogen) atoms. The highest BCUT2D eigenvalue weighted by molar-refractivity contribution is 5.67. The summed E-state index contributed by atoms with van der Waals surface area (Å²) in [6.45, 7) is 1.97. The SMILES string of the molecule is CNC1CCCCC1.O=C(O)CC1CCNCC1. The minimum atomic E-state index is -0.660. The summed E-state index contributed by atoms with van der Waals surface area (Å²) in [6, 6.07) is 0.837. The Morgan fingerprint density at radius 2 is 1.78 bits per heavy atom. The van der Waals surface area contributed by atoms with Gasteiger partial charge in [0.2, 0.25) is 0 Å². The number of carboxylic acids is 1. The molecule has 0 bridgehead atoms. The molecular weight excluding hydrogens is 228 g/mol. The first-order valence-corrected chi connectivity index (χ1v) is 7.32. The molecule has 1 aliphatic heterocycles. The molecule has 0 spiro atoms. The summed E-state index contributed by atoms with van der Waals surface area (Å²) in [5.41, 5.74) is 0. The van der Waals surface area contributed by atoms with E-state index in [1.807, 2.05) is 0 Å². The minimum absolute atomic E-state index is 0.349. The van der Waals surface area contributed by atoms with Crippen LogP contribution >= 0.6 is 0 Å². The van der Waals surface area contributed by atoms with Crippen LogP contribution in [0.4, 0.5) is 0 Å². The Hall–Kier alpha value is -0.610. The second-order valence-electron chi connectivity index (χ2n) is 5.41. The van der Waals surface area contributed by atoms with Gasteiger partial charge in [0.1, 0.15) is 0 Å². The van der Waals surface area contributed by atoms with E-state index in [2.05, 4.69) is 17.7 Å². The maximum atomic E-state index is 10.2. The van der Waals surface area contributed by atoms with Crippen LogP contribution in [0.2, 0.25) is 0 Å². The van der Waals surface area contributed by atoms with Gasteiger partial charge in [-0.3, -0.25) is 4.79 Å². The van der Waals surface area contributed by atoms with Crippen molar-refractivity contribution in [2.24, 2.45) is 5.92 Å². The van der Waals surface area contributed by atoms with E-state index >= 15 is 0 Å². The van der Waals surface area contributed by atoms with Crippen LogP contribution in [0.1, 0.15) is 51.4 Å². The Bertz CT molecular complexity index is 222. The zero-order valence-electron chi connectivity index (χ0n) is 11.6. The first-order chi connectivity index (χ1) is 8.72. The van der Waals surface area contributed by atoms with Crippen molar-refractivity contribution in [2.45, 2.75) is 57.4 Å². The predicted octanol–water partition coefficient (Wildman–Crippen LogP) is 2.00. The van der Waals surface area contributed by atoms with E-state index in [1.54, 1.807) is 0 Å². The average Bonchev–Trinajstić information content (AvgIpc) is 2.41. The Balaban J connectivity index is 0.000000184. The number of carbonyl (C=O) groups is 1. The molecule has 2 aliphatic rings. The maximum Gasteiger partial charge on any atom is 0.303 e. The van der Waals surface area contributed by atoms with Gasteiger partial charge in [0.15, 0.2) is 0 Å². The molecule has 0 aromatic heterocycles. The van der Waals surface area contributed by atoms with Crippen molar-refractivity contribution < 1.29 is 9.90 Å². The smallest absolute Gasteiger partial charge is 0.303 e. The summed E-state index contributed by atoms with van der Waals surface area (Å²) >= 11 is 0. The van der Waals surface area contributed by atoms with E-state index in [9.17, 15) is 4.79 Å². The van der Waals surface area contributed by atoms with Gasteiger partial charge in [-0.15, -0.1) is 0 Å². The number of rotatable bonds is 3. The molecule has 0 radical (unpaired) electrons. The number of nitrogens with one attached hydrogen (secondary N) is 2. The quantitative estimate of drug-likeness (QED) is 0.723. The van der Waals surface area contributed by atoms with E-state index in [4.69, 9.17) is 5.11 Å². The lowest BCUT2D eigenvalue weighted by Crippen LogP contribution is -2.28. The normalized spacial score (nSPS) is 22.1. The summed E-state index contributed by atoms with van der Waals surface area (Å²) in [5, 5.41) is 14.9. The van der Waals surface area contributed by atoms with E-state index in [0.29, 0.717) is 12.3 Å². The molecular formula is C14H28N2O2. The van der Waals surface area contributed by atoms with Gasteiger partial charge >= 0.3 is 5.97 Å². The van der Waals surface area contributed by atoms with Crippen LogP contribution in [0.5, 0.6) is 0 Å². The first kappa shape index (κ1) is 15.4. The van der Waals surface area contributed by atoms with E-state index < -0.39 is 5.97 Å². The molecule has 0 amide bonds. The Morgan fingerprint density at radius 3 is 2.22 bits per heavy atom. The number of hydrogen-bond acceptors (Lipinski definition) is 3. The van der Waals surface area contributed by atoms with Crippen LogP contribution in [0.15, 0.2) is 0 Å². The van der Waals surface area contributed by atoms with Crippen LogP contribution in [0.3, 0.4) is 0 Å². The van der Waals surface area contributed by atoms with Crippen molar-refractivity contribution in [3.8, 4) is 0 Å². The standard InChI is InChI=1S/C7H13NO2.C7H15N/c9-7(10)5-6-1-3-8-4-2-6;1-8-7-5-3-2-4-6-7/h6,8H,1-5H2,(H,9,10);7-8H,2-6H2,1H3. The molecule has 0 aromatic rings. The molecule has 4 nitrogen and oxygen atoms in total. The van der Waals surface area contributed by atoms with Gasteiger partial charge in [0, 0.05) is 12.5 Å². The molecule has 1 saturated carbocycles. The number of aliphatic carboxylic acids is 1. The third-order valence-electron chi connectivity index (χ3n) is 3.94. The summed E-state index contributed by atoms with van der Waals surface area (Å²) in [4.78, 5) is 10.2. The lowest BCUT2D eigenvalue weighted by Gasteiger charge is -2.20. The summed E-state index contributed by atoms with van der Waals surface area (Å²) in [5.74, 6) is -0.245. The third kappa shape index (κ3) is 6.97. The highest BCUT2D eigenvalue weighted by Crippen LogP contribution is 2.16. The van der Waals surface area contributed by atoms with Gasteiger partial charge in [-0.1, -0.05) is 19.3 Å². The Morgan fingerprint density at radius 1 is 1.17 bits per heavy atom. The van der Waals surface area contributed by atoms with E-state index in [1.165, 1.54) is 32.1 Å². The van der Waals surface area contributed by atoms with Gasteiger partial charge in [0.05, 0.1) is 0 Å². The lowest BCUT2D eigenvalue weighted by molar-refractivity contribution is -0.138. The molecule has 1 aliphatic carbocycles. The molecule has 2 fully saturated rings. The van der Waals surface area contributed by atoms with Crippen molar-refractivity contribution in [3.05, 3.63) is 0 Å². The van der Waals surface area contributed by atoms with Crippen molar-refractivity contribution in [3.63, 3.8) is 0 Å². The number of carboxylic acid groups (broad SMARTS) is 1. The van der Waals surface area contributed by atoms with E-state index in [-0.39, 0.29) is 0 Å². The van der Waals surface area contributed by atoms with Crippen molar-refractivity contribution >= 4 is 5.97 Å². The second-order valence-corrected chi connectivity index (χ2v) is 5.41. The molecule has 2 rings (SSSR count). The maximum absolute atomic E-state index is 10.2. The van der Waals surface area contributed by atoms with Gasteiger partial charge in [0.25, 0.3) is 0 Å². The van der Waals surface area contributed by atoms with Gasteiger partial charge < -0.3 is 15.7 Å². The molecule has 106 valence electrons. The topological polar surface area (TPSA) is 61.4 Å². The van der Waals surface area contributed by atoms with Crippen molar-refractivity contribution in [2.75, 3.05) is 20.1 Å². The second kappa shape index (κ2) is 9.34. The molecule has 1 heterocycles. The van der Waals surface area contributed by atoms with Crippen LogP contribution in [-0.4, -0.2) is 37.3 Å². The van der Waals surface area contributed by atoms with Crippen LogP contribution in [0, 0.1) is 5.92 Å². The lowest BCUT2D eigenvalue weighted by atomic mass is 9.95. The number of hydrogen-bond donors (Lipinski definition) is 3. The zero-order valence-corrected chi connectivity index (χ0v) is 11.6. The summed E-state index contributed by atoms with van der Waals surface area (Å²) in [7, 11) is 2.07. The van der Waals surface area contributed by atoms with Gasteiger partial charge in [-0.2, -0.15) is 0 Å². The Labute approximate surface area is 111 Å². The largest absolute Gasteiger partial charge is 0.481 e. The molecule has 0 unspecified atom stereocenters. The highest BCUT2D eigenvalue weighted by atomic mass is 16.4. The summed E-state index contributed by atoms with van der Waals surface area (Å²) < 4.78 is 0. The molecule has 4 heteroatoms.